The summed E-state index contributed by atoms with van der Waals surface area (Å²) in [6.45, 7) is 7.67. The van der Waals surface area contributed by atoms with E-state index in [2.05, 4.69) is 32.9 Å². The number of aryl methyl sites for hydroxylation is 3. The van der Waals surface area contributed by atoms with Crippen LogP contribution in [0.5, 0.6) is 0 Å². The summed E-state index contributed by atoms with van der Waals surface area (Å²) in [4.78, 5) is 0. The van der Waals surface area contributed by atoms with Crippen molar-refractivity contribution in [2.75, 3.05) is 20.3 Å². The van der Waals surface area contributed by atoms with Crippen molar-refractivity contribution in [2.45, 2.75) is 51.7 Å². The molecule has 3 nitrogen and oxygen atoms in total. The van der Waals surface area contributed by atoms with Crippen molar-refractivity contribution in [1.29, 1.82) is 0 Å². The minimum atomic E-state index is -0.489. The molecule has 0 bridgehead atoms. The summed E-state index contributed by atoms with van der Waals surface area (Å²) in [7, 11) is 1.70. The van der Waals surface area contributed by atoms with Crippen LogP contribution in [0.3, 0.4) is 0 Å². The smallest absolute Gasteiger partial charge is 0.0983 e. The van der Waals surface area contributed by atoms with Crippen molar-refractivity contribution in [3.63, 3.8) is 0 Å². The Hall–Kier alpha value is -0.900. The van der Waals surface area contributed by atoms with E-state index in [9.17, 15) is 5.11 Å². The van der Waals surface area contributed by atoms with Gasteiger partial charge >= 0.3 is 0 Å². The Bertz CT molecular complexity index is 438. The van der Waals surface area contributed by atoms with Gasteiger partial charge in [-0.05, 0) is 37.5 Å². The molecule has 1 fully saturated rings. The maximum Gasteiger partial charge on any atom is 0.0983 e. The maximum atomic E-state index is 10.7. The molecule has 0 radical (unpaired) electrons. The average molecular weight is 278 g/mol. The molecular weight excluding hydrogens is 252 g/mol. The molecule has 0 aromatic heterocycles. The van der Waals surface area contributed by atoms with Crippen LogP contribution in [0.1, 0.15) is 35.1 Å². The molecule has 2 rings (SSSR count). The van der Waals surface area contributed by atoms with Crippen LogP contribution >= 0.6 is 0 Å². The van der Waals surface area contributed by atoms with E-state index in [-0.39, 0.29) is 0 Å². The Morgan fingerprint density at radius 3 is 2.25 bits per heavy atom. The first-order valence-electron chi connectivity index (χ1n) is 7.36. The van der Waals surface area contributed by atoms with Gasteiger partial charge in [-0.1, -0.05) is 17.7 Å². The number of aliphatic hydroxyl groups is 1. The molecular formula is C17H26O3. The Kier molecular flexibility index (Phi) is 4.84. The van der Waals surface area contributed by atoms with Crippen LogP contribution in [0.15, 0.2) is 12.1 Å². The van der Waals surface area contributed by atoms with Crippen molar-refractivity contribution in [3.05, 3.63) is 34.4 Å². The molecule has 1 unspecified atom stereocenters. The summed E-state index contributed by atoms with van der Waals surface area (Å²) < 4.78 is 11.1. The summed E-state index contributed by atoms with van der Waals surface area (Å²) >= 11 is 0. The van der Waals surface area contributed by atoms with Gasteiger partial charge in [0.15, 0.2) is 0 Å². The molecule has 1 aliphatic heterocycles. The van der Waals surface area contributed by atoms with E-state index in [0.717, 1.165) is 12.8 Å². The highest BCUT2D eigenvalue weighted by Gasteiger charge is 2.40. The highest BCUT2D eigenvalue weighted by molar-refractivity contribution is 5.38. The van der Waals surface area contributed by atoms with Crippen LogP contribution < -0.4 is 0 Å². The second-order valence-electron chi connectivity index (χ2n) is 5.98. The predicted molar refractivity (Wildman–Crippen MR) is 80.2 cm³/mol. The summed E-state index contributed by atoms with van der Waals surface area (Å²) in [5.41, 5.74) is 4.55. The SMILES string of the molecule is COC1(C(O)Cc2c(C)cc(C)cc2C)CCOCC1. The van der Waals surface area contributed by atoms with E-state index in [1.807, 2.05) is 0 Å². The lowest BCUT2D eigenvalue weighted by atomic mass is 9.83. The molecule has 1 aromatic carbocycles. The van der Waals surface area contributed by atoms with Gasteiger partial charge in [-0.25, -0.2) is 0 Å². The molecule has 0 amide bonds. The second kappa shape index (κ2) is 6.25. The summed E-state index contributed by atoms with van der Waals surface area (Å²) in [5.74, 6) is 0. The third-order valence-corrected chi connectivity index (χ3v) is 4.59. The number of rotatable bonds is 4. The molecule has 3 heteroatoms. The summed E-state index contributed by atoms with van der Waals surface area (Å²) in [6.07, 6.45) is 1.67. The van der Waals surface area contributed by atoms with E-state index >= 15 is 0 Å². The fourth-order valence-corrected chi connectivity index (χ4v) is 3.30. The first kappa shape index (κ1) is 15.5. The van der Waals surface area contributed by atoms with Crippen molar-refractivity contribution in [1.82, 2.24) is 0 Å². The minimum absolute atomic E-state index is 0.456. The molecule has 1 aliphatic rings. The quantitative estimate of drug-likeness (QED) is 0.920. The molecule has 0 saturated carbocycles. The molecule has 1 heterocycles. The number of methoxy groups -OCH3 is 1. The van der Waals surface area contributed by atoms with Gasteiger partial charge in [0.2, 0.25) is 0 Å². The zero-order valence-electron chi connectivity index (χ0n) is 13.0. The van der Waals surface area contributed by atoms with E-state index in [1.165, 1.54) is 22.3 Å². The third-order valence-electron chi connectivity index (χ3n) is 4.59. The topological polar surface area (TPSA) is 38.7 Å². The van der Waals surface area contributed by atoms with Gasteiger partial charge in [0.1, 0.15) is 0 Å². The van der Waals surface area contributed by atoms with Crippen LogP contribution in [0.4, 0.5) is 0 Å². The standard InChI is InChI=1S/C17H26O3/c1-12-9-13(2)15(14(3)10-12)11-16(18)17(19-4)5-7-20-8-6-17/h9-10,16,18H,5-8,11H2,1-4H3. The summed E-state index contributed by atoms with van der Waals surface area (Å²) in [5, 5.41) is 10.7. The van der Waals surface area contributed by atoms with Gasteiger partial charge in [0.25, 0.3) is 0 Å². The monoisotopic (exact) mass is 278 g/mol. The van der Waals surface area contributed by atoms with Gasteiger partial charge in [-0.2, -0.15) is 0 Å². The van der Waals surface area contributed by atoms with E-state index in [0.29, 0.717) is 19.6 Å². The maximum absolute atomic E-state index is 10.7. The zero-order valence-corrected chi connectivity index (χ0v) is 13.0. The Morgan fingerprint density at radius 1 is 1.20 bits per heavy atom. The largest absolute Gasteiger partial charge is 0.390 e. The Morgan fingerprint density at radius 2 is 1.75 bits per heavy atom. The molecule has 1 saturated heterocycles. The van der Waals surface area contributed by atoms with Gasteiger partial charge in [-0.15, -0.1) is 0 Å². The van der Waals surface area contributed by atoms with Gasteiger partial charge in [0.05, 0.1) is 11.7 Å². The molecule has 1 atom stereocenters. The lowest BCUT2D eigenvalue weighted by molar-refractivity contribution is -0.151. The predicted octanol–water partition coefficient (Wildman–Crippen LogP) is 2.71. The molecule has 0 aliphatic carbocycles. The average Bonchev–Trinajstić information content (AvgIpc) is 2.43. The van der Waals surface area contributed by atoms with Gasteiger partial charge in [-0.3, -0.25) is 0 Å². The van der Waals surface area contributed by atoms with Crippen molar-refractivity contribution < 1.29 is 14.6 Å². The van der Waals surface area contributed by atoms with Crippen molar-refractivity contribution >= 4 is 0 Å². The normalized spacial score (nSPS) is 19.9. The molecule has 20 heavy (non-hydrogen) atoms. The van der Waals surface area contributed by atoms with Gasteiger partial charge < -0.3 is 14.6 Å². The summed E-state index contributed by atoms with van der Waals surface area (Å²) in [6, 6.07) is 4.36. The first-order chi connectivity index (χ1) is 9.48. The third kappa shape index (κ3) is 3.05. The number of aliphatic hydroxyl groups excluding tert-OH is 1. The van der Waals surface area contributed by atoms with E-state index in [1.54, 1.807) is 7.11 Å². The number of hydrogen-bond acceptors (Lipinski definition) is 3. The van der Waals surface area contributed by atoms with Crippen molar-refractivity contribution in [3.8, 4) is 0 Å². The molecule has 112 valence electrons. The van der Waals surface area contributed by atoms with Crippen LogP contribution in [0.25, 0.3) is 0 Å². The molecule has 1 N–H and O–H groups in total. The van der Waals surface area contributed by atoms with Gasteiger partial charge in [0, 0.05) is 39.6 Å². The second-order valence-corrected chi connectivity index (χ2v) is 5.98. The zero-order chi connectivity index (χ0) is 14.8. The van der Waals surface area contributed by atoms with Crippen LogP contribution in [-0.2, 0) is 15.9 Å². The molecule has 1 aromatic rings. The lowest BCUT2D eigenvalue weighted by Gasteiger charge is -2.40. The Balaban J connectivity index is 2.20. The van der Waals surface area contributed by atoms with Crippen LogP contribution in [-0.4, -0.2) is 37.1 Å². The number of ether oxygens (including phenoxy) is 2. The van der Waals surface area contributed by atoms with Crippen LogP contribution in [0.2, 0.25) is 0 Å². The highest BCUT2D eigenvalue weighted by atomic mass is 16.5. The van der Waals surface area contributed by atoms with Crippen LogP contribution in [0, 0.1) is 20.8 Å². The number of hydrogen-bond donors (Lipinski definition) is 1. The fraction of sp³-hybridized carbons (Fsp3) is 0.647. The molecule has 0 spiro atoms. The lowest BCUT2D eigenvalue weighted by Crippen LogP contribution is -2.49. The van der Waals surface area contributed by atoms with Crippen molar-refractivity contribution in [2.24, 2.45) is 0 Å². The highest BCUT2D eigenvalue weighted by Crippen LogP contribution is 2.31. The van der Waals surface area contributed by atoms with E-state index < -0.39 is 11.7 Å². The minimum Gasteiger partial charge on any atom is -0.390 e. The first-order valence-corrected chi connectivity index (χ1v) is 7.36. The Labute approximate surface area is 121 Å². The fourth-order valence-electron chi connectivity index (χ4n) is 3.30. The number of benzene rings is 1. The van der Waals surface area contributed by atoms with E-state index in [4.69, 9.17) is 9.47 Å².